The Hall–Kier alpha value is -2.00. The van der Waals surface area contributed by atoms with Gasteiger partial charge < -0.3 is 15.0 Å². The van der Waals surface area contributed by atoms with Gasteiger partial charge >= 0.3 is 0 Å². The van der Waals surface area contributed by atoms with Crippen LogP contribution in [0.2, 0.25) is 0 Å². The molecule has 0 bridgehead atoms. The monoisotopic (exact) mass is 417 g/mol. The summed E-state index contributed by atoms with van der Waals surface area (Å²) in [5.41, 5.74) is 3.17. The number of anilines is 2. The Bertz CT molecular complexity index is 970. The van der Waals surface area contributed by atoms with E-state index in [0.717, 1.165) is 17.8 Å². The van der Waals surface area contributed by atoms with Crippen LogP contribution in [0.1, 0.15) is 12.5 Å². The molecule has 2 aromatic rings. The molecule has 2 aliphatic heterocycles. The van der Waals surface area contributed by atoms with Crippen LogP contribution in [-0.2, 0) is 21.2 Å². The maximum atomic E-state index is 12.7. The zero-order chi connectivity index (χ0) is 19.7. The van der Waals surface area contributed by atoms with Crippen LogP contribution in [0, 0.1) is 0 Å². The highest BCUT2D eigenvalue weighted by atomic mass is 32.2. The van der Waals surface area contributed by atoms with Gasteiger partial charge in [0.05, 0.1) is 18.1 Å². The molecule has 0 saturated carbocycles. The molecule has 1 saturated heterocycles. The molecule has 2 aromatic carbocycles. The lowest BCUT2D eigenvalue weighted by Gasteiger charge is -2.27. The number of nitrogens with one attached hydrogen (secondary N) is 1. The Balaban J connectivity index is 1.48. The van der Waals surface area contributed by atoms with Gasteiger partial charge in [0.25, 0.3) is 0 Å². The van der Waals surface area contributed by atoms with E-state index < -0.39 is 10.0 Å². The number of benzene rings is 2. The first-order valence-corrected chi connectivity index (χ1v) is 11.2. The molecule has 0 radical (unpaired) electrons. The Morgan fingerprint density at radius 3 is 2.50 bits per heavy atom. The second-order valence-electron chi connectivity index (χ2n) is 7.02. The van der Waals surface area contributed by atoms with Crippen molar-refractivity contribution < 1.29 is 13.2 Å². The van der Waals surface area contributed by atoms with Crippen LogP contribution in [0.3, 0.4) is 0 Å². The average Bonchev–Trinajstić information content (AvgIpc) is 3.05. The minimum Gasteiger partial charge on any atom is -0.379 e. The Kier molecular flexibility index (Phi) is 5.37. The summed E-state index contributed by atoms with van der Waals surface area (Å²) in [6.07, 6.45) is 0.953. The van der Waals surface area contributed by atoms with Gasteiger partial charge in [-0.2, -0.15) is 4.31 Å². The number of rotatable bonds is 3. The van der Waals surface area contributed by atoms with Crippen molar-refractivity contribution in [2.24, 2.45) is 0 Å². The molecule has 0 spiro atoms. The second-order valence-corrected chi connectivity index (χ2v) is 9.35. The number of thiocarbonyl (C=S) groups is 1. The van der Waals surface area contributed by atoms with Gasteiger partial charge in [-0.25, -0.2) is 8.42 Å². The van der Waals surface area contributed by atoms with Crippen molar-refractivity contribution in [3.8, 4) is 0 Å². The summed E-state index contributed by atoms with van der Waals surface area (Å²) in [5, 5.41) is 3.85. The van der Waals surface area contributed by atoms with E-state index in [1.165, 1.54) is 9.87 Å². The number of para-hydroxylation sites is 1. The molecule has 1 fully saturated rings. The van der Waals surface area contributed by atoms with Gasteiger partial charge in [-0.05, 0) is 61.5 Å². The van der Waals surface area contributed by atoms with Crippen molar-refractivity contribution in [3.05, 3.63) is 54.1 Å². The number of hydrogen-bond acceptors (Lipinski definition) is 4. The third-order valence-corrected chi connectivity index (χ3v) is 7.35. The molecule has 28 heavy (non-hydrogen) atoms. The number of morpholine rings is 1. The average molecular weight is 418 g/mol. The van der Waals surface area contributed by atoms with Crippen molar-refractivity contribution >= 4 is 38.7 Å². The molecular formula is C20H23N3O3S2. The normalized spacial score (nSPS) is 20.0. The summed E-state index contributed by atoms with van der Waals surface area (Å²) in [6.45, 7) is 3.79. The van der Waals surface area contributed by atoms with Gasteiger partial charge in [-0.1, -0.05) is 18.2 Å². The Morgan fingerprint density at radius 2 is 1.79 bits per heavy atom. The van der Waals surface area contributed by atoms with Gasteiger partial charge in [-0.15, -0.1) is 0 Å². The van der Waals surface area contributed by atoms with Crippen molar-refractivity contribution in [2.45, 2.75) is 24.3 Å². The Morgan fingerprint density at radius 1 is 1.11 bits per heavy atom. The number of ether oxygens (including phenoxy) is 1. The van der Waals surface area contributed by atoms with E-state index in [4.69, 9.17) is 17.0 Å². The van der Waals surface area contributed by atoms with E-state index in [1.54, 1.807) is 24.3 Å². The molecule has 0 amide bonds. The first-order valence-electron chi connectivity index (χ1n) is 9.33. The van der Waals surface area contributed by atoms with Gasteiger partial charge in [0.2, 0.25) is 10.0 Å². The molecule has 148 valence electrons. The molecule has 8 heteroatoms. The molecular weight excluding hydrogens is 394 g/mol. The summed E-state index contributed by atoms with van der Waals surface area (Å²) in [6, 6.07) is 15.3. The molecule has 2 heterocycles. The van der Waals surface area contributed by atoms with Gasteiger partial charge in [0.1, 0.15) is 0 Å². The summed E-state index contributed by atoms with van der Waals surface area (Å²) in [4.78, 5) is 2.40. The van der Waals surface area contributed by atoms with Crippen LogP contribution in [-0.4, -0.2) is 50.2 Å². The summed E-state index contributed by atoms with van der Waals surface area (Å²) in [7, 11) is -3.49. The Labute approximate surface area is 171 Å². The molecule has 1 N–H and O–H groups in total. The first kappa shape index (κ1) is 19.3. The number of hydrogen-bond donors (Lipinski definition) is 1. The third-order valence-electron chi connectivity index (χ3n) is 5.14. The van der Waals surface area contributed by atoms with Gasteiger partial charge in [0, 0.05) is 30.5 Å². The lowest BCUT2D eigenvalue weighted by molar-refractivity contribution is 0.0730. The van der Waals surface area contributed by atoms with Crippen molar-refractivity contribution in [1.82, 2.24) is 4.31 Å². The maximum absolute atomic E-state index is 12.7. The topological polar surface area (TPSA) is 61.9 Å². The van der Waals surface area contributed by atoms with Crippen molar-refractivity contribution in [1.29, 1.82) is 0 Å². The number of fused-ring (bicyclic) bond motifs is 1. The van der Waals surface area contributed by atoms with E-state index in [0.29, 0.717) is 31.4 Å². The van der Waals surface area contributed by atoms with E-state index in [9.17, 15) is 8.42 Å². The van der Waals surface area contributed by atoms with Gasteiger partial charge in [0.15, 0.2) is 5.11 Å². The van der Waals surface area contributed by atoms with E-state index >= 15 is 0 Å². The first-order chi connectivity index (χ1) is 13.5. The van der Waals surface area contributed by atoms with Gasteiger partial charge in [-0.3, -0.25) is 0 Å². The quantitative estimate of drug-likeness (QED) is 0.775. The third kappa shape index (κ3) is 3.65. The van der Waals surface area contributed by atoms with Crippen LogP contribution in [0.5, 0.6) is 0 Å². The summed E-state index contributed by atoms with van der Waals surface area (Å²) in [5.74, 6) is 0. The van der Waals surface area contributed by atoms with Crippen LogP contribution < -0.4 is 10.2 Å². The molecule has 2 aliphatic rings. The molecule has 1 atom stereocenters. The molecule has 0 aromatic heterocycles. The van der Waals surface area contributed by atoms with Crippen molar-refractivity contribution in [2.75, 3.05) is 36.5 Å². The minimum atomic E-state index is -3.49. The molecule has 0 aliphatic carbocycles. The fourth-order valence-electron chi connectivity index (χ4n) is 3.70. The highest BCUT2D eigenvalue weighted by molar-refractivity contribution is 7.89. The van der Waals surface area contributed by atoms with Crippen LogP contribution >= 0.6 is 12.2 Å². The standard InChI is InChI=1S/C20H23N3O3S2/c1-15-14-16-4-2-3-5-19(16)23(15)20(27)21-17-6-8-18(9-7-17)28(24,25)22-10-12-26-13-11-22/h2-9,15H,10-14H2,1H3,(H,21,27)/t15-/m0/s1. The second kappa shape index (κ2) is 7.79. The summed E-state index contributed by atoms with van der Waals surface area (Å²) >= 11 is 5.63. The van der Waals surface area contributed by atoms with E-state index in [1.807, 2.05) is 12.1 Å². The van der Waals surface area contributed by atoms with Crippen LogP contribution in [0.15, 0.2) is 53.4 Å². The highest BCUT2D eigenvalue weighted by Gasteiger charge is 2.29. The molecule has 6 nitrogen and oxygen atoms in total. The fourth-order valence-corrected chi connectivity index (χ4v) is 5.51. The predicted octanol–water partition coefficient (Wildman–Crippen LogP) is 2.86. The van der Waals surface area contributed by atoms with Crippen LogP contribution in [0.25, 0.3) is 0 Å². The predicted molar refractivity (Wildman–Crippen MR) is 114 cm³/mol. The summed E-state index contributed by atoms with van der Waals surface area (Å²) < 4.78 is 32.2. The highest BCUT2D eigenvalue weighted by Crippen LogP contribution is 2.32. The maximum Gasteiger partial charge on any atom is 0.243 e. The van der Waals surface area contributed by atoms with E-state index in [2.05, 4.69) is 29.3 Å². The zero-order valence-electron chi connectivity index (χ0n) is 15.7. The number of nitrogens with zero attached hydrogens (tertiary/aromatic N) is 2. The number of sulfonamides is 1. The van der Waals surface area contributed by atoms with Crippen LogP contribution in [0.4, 0.5) is 11.4 Å². The minimum absolute atomic E-state index is 0.276. The zero-order valence-corrected chi connectivity index (χ0v) is 17.3. The smallest absolute Gasteiger partial charge is 0.243 e. The largest absolute Gasteiger partial charge is 0.379 e. The molecule has 4 rings (SSSR count). The lowest BCUT2D eigenvalue weighted by Crippen LogP contribution is -2.40. The fraction of sp³-hybridized carbons (Fsp3) is 0.350. The SMILES string of the molecule is C[C@H]1Cc2ccccc2N1C(=S)Nc1ccc(S(=O)(=O)N2CCOCC2)cc1. The van der Waals surface area contributed by atoms with Crippen molar-refractivity contribution in [3.63, 3.8) is 0 Å². The molecule has 0 unspecified atom stereocenters. The lowest BCUT2D eigenvalue weighted by atomic mass is 10.1. The van der Waals surface area contributed by atoms with E-state index in [-0.39, 0.29) is 10.9 Å².